The number of ether oxygens (including phenoxy) is 3. The first-order valence-corrected chi connectivity index (χ1v) is 9.47. The minimum Gasteiger partial charge on any atom is -0.497 e. The third kappa shape index (κ3) is 4.27. The highest BCUT2D eigenvalue weighted by Gasteiger charge is 2.40. The van der Waals surface area contributed by atoms with Gasteiger partial charge in [-0.2, -0.15) is 0 Å². The monoisotopic (exact) mass is 393 g/mol. The molecule has 0 amide bonds. The SMILES string of the molecule is COc1ccc(C(OC(O)C(C)N)(c2ccccc2)c2ccc(OC)cc2)cc1. The molecule has 3 aromatic carbocycles. The number of rotatable bonds is 8. The molecule has 0 fully saturated rings. The van der Waals surface area contributed by atoms with Crippen LogP contribution in [0.2, 0.25) is 0 Å². The molecule has 2 unspecified atom stereocenters. The second-order valence-electron chi connectivity index (χ2n) is 6.87. The lowest BCUT2D eigenvalue weighted by Crippen LogP contribution is -2.43. The standard InChI is InChI=1S/C24H27NO4/c1-17(25)23(26)29-24(18-7-5-4-6-8-18,19-9-13-21(27-2)14-10-19)20-11-15-22(28-3)16-12-20/h4-17,23,26H,25H2,1-3H3. The molecule has 5 nitrogen and oxygen atoms in total. The van der Waals surface area contributed by atoms with Crippen LogP contribution in [0.15, 0.2) is 78.9 Å². The van der Waals surface area contributed by atoms with Crippen LogP contribution in [-0.4, -0.2) is 31.7 Å². The van der Waals surface area contributed by atoms with E-state index in [0.29, 0.717) is 0 Å². The van der Waals surface area contributed by atoms with E-state index >= 15 is 0 Å². The van der Waals surface area contributed by atoms with Crippen molar-refractivity contribution in [2.45, 2.75) is 24.9 Å². The Morgan fingerprint density at radius 3 is 1.52 bits per heavy atom. The van der Waals surface area contributed by atoms with Gasteiger partial charge >= 0.3 is 0 Å². The van der Waals surface area contributed by atoms with E-state index in [-0.39, 0.29) is 0 Å². The number of benzene rings is 3. The maximum Gasteiger partial charge on any atom is 0.171 e. The molecule has 29 heavy (non-hydrogen) atoms. The highest BCUT2D eigenvalue weighted by Crippen LogP contribution is 2.42. The van der Waals surface area contributed by atoms with E-state index < -0.39 is 17.9 Å². The molecule has 0 saturated heterocycles. The highest BCUT2D eigenvalue weighted by molar-refractivity contribution is 5.49. The van der Waals surface area contributed by atoms with Crippen LogP contribution in [0.25, 0.3) is 0 Å². The van der Waals surface area contributed by atoms with Crippen LogP contribution in [-0.2, 0) is 10.3 Å². The smallest absolute Gasteiger partial charge is 0.171 e. The van der Waals surface area contributed by atoms with Crippen molar-refractivity contribution in [1.82, 2.24) is 0 Å². The van der Waals surface area contributed by atoms with E-state index in [2.05, 4.69) is 0 Å². The second kappa shape index (κ2) is 9.09. The highest BCUT2D eigenvalue weighted by atomic mass is 16.6. The van der Waals surface area contributed by atoms with Gasteiger partial charge in [0.25, 0.3) is 0 Å². The van der Waals surface area contributed by atoms with E-state index in [9.17, 15) is 5.11 Å². The molecule has 0 spiro atoms. The van der Waals surface area contributed by atoms with Gasteiger partial charge in [0, 0.05) is 0 Å². The van der Waals surface area contributed by atoms with Crippen molar-refractivity contribution in [3.63, 3.8) is 0 Å². The topological polar surface area (TPSA) is 73.9 Å². The van der Waals surface area contributed by atoms with E-state index in [1.807, 2.05) is 78.9 Å². The molecule has 0 bridgehead atoms. The molecule has 0 aliphatic rings. The predicted octanol–water partition coefficient (Wildman–Crippen LogP) is 3.68. The fourth-order valence-electron chi connectivity index (χ4n) is 3.32. The normalized spacial score (nSPS) is 13.6. The first kappa shape index (κ1) is 20.9. The van der Waals surface area contributed by atoms with Crippen molar-refractivity contribution in [1.29, 1.82) is 0 Å². The molecule has 2 atom stereocenters. The molecule has 3 rings (SSSR count). The molecular weight excluding hydrogens is 366 g/mol. The summed E-state index contributed by atoms with van der Waals surface area (Å²) >= 11 is 0. The van der Waals surface area contributed by atoms with Gasteiger partial charge in [0.05, 0.1) is 20.3 Å². The lowest BCUT2D eigenvalue weighted by molar-refractivity contribution is -0.167. The van der Waals surface area contributed by atoms with Gasteiger partial charge in [0.15, 0.2) is 6.29 Å². The number of methoxy groups -OCH3 is 2. The third-order valence-corrected chi connectivity index (χ3v) is 4.92. The van der Waals surface area contributed by atoms with Crippen molar-refractivity contribution >= 4 is 0 Å². The molecule has 152 valence electrons. The average molecular weight is 393 g/mol. The summed E-state index contributed by atoms with van der Waals surface area (Å²) < 4.78 is 17.0. The predicted molar refractivity (Wildman–Crippen MR) is 113 cm³/mol. The molecule has 0 aromatic heterocycles. The second-order valence-corrected chi connectivity index (χ2v) is 6.87. The number of aliphatic hydroxyl groups excluding tert-OH is 1. The van der Waals surface area contributed by atoms with Crippen LogP contribution < -0.4 is 15.2 Å². The van der Waals surface area contributed by atoms with Gasteiger partial charge in [-0.1, -0.05) is 54.6 Å². The Morgan fingerprint density at radius 2 is 1.14 bits per heavy atom. The Balaban J connectivity index is 2.27. The van der Waals surface area contributed by atoms with Crippen molar-refractivity contribution in [3.05, 3.63) is 95.6 Å². The maximum absolute atomic E-state index is 10.7. The molecule has 3 N–H and O–H groups in total. The van der Waals surface area contributed by atoms with Crippen molar-refractivity contribution in [3.8, 4) is 11.5 Å². The van der Waals surface area contributed by atoms with E-state index in [4.69, 9.17) is 19.9 Å². The number of aliphatic hydroxyl groups is 1. The molecule has 0 aliphatic carbocycles. The van der Waals surface area contributed by atoms with Crippen molar-refractivity contribution in [2.24, 2.45) is 5.73 Å². The minimum atomic E-state index is -1.18. The van der Waals surface area contributed by atoms with E-state index in [1.165, 1.54) is 0 Å². The molecular formula is C24H27NO4. The first-order chi connectivity index (χ1) is 14.0. The minimum absolute atomic E-state index is 0.574. The van der Waals surface area contributed by atoms with Crippen molar-refractivity contribution in [2.75, 3.05) is 14.2 Å². The van der Waals surface area contributed by atoms with Crippen LogP contribution in [0.1, 0.15) is 23.6 Å². The Kier molecular flexibility index (Phi) is 6.54. The summed E-state index contributed by atoms with van der Waals surface area (Å²) in [5.41, 5.74) is 7.43. The van der Waals surface area contributed by atoms with Gasteiger partial charge in [-0.15, -0.1) is 0 Å². The zero-order valence-corrected chi connectivity index (χ0v) is 16.9. The van der Waals surface area contributed by atoms with Crippen LogP contribution >= 0.6 is 0 Å². The van der Waals surface area contributed by atoms with Gasteiger partial charge in [-0.05, 0) is 47.9 Å². The summed E-state index contributed by atoms with van der Waals surface area (Å²) in [4.78, 5) is 0. The average Bonchev–Trinajstić information content (AvgIpc) is 2.78. The lowest BCUT2D eigenvalue weighted by atomic mass is 9.80. The summed E-state index contributed by atoms with van der Waals surface area (Å²) in [7, 11) is 3.25. The Labute approximate surface area is 171 Å². The summed E-state index contributed by atoms with van der Waals surface area (Å²) in [6, 6.07) is 24.4. The Bertz CT molecular complexity index is 845. The largest absolute Gasteiger partial charge is 0.497 e. The van der Waals surface area contributed by atoms with Gasteiger partial charge in [-0.25, -0.2) is 0 Å². The van der Waals surface area contributed by atoms with Gasteiger partial charge in [0.1, 0.15) is 17.1 Å². The summed E-state index contributed by atoms with van der Waals surface area (Å²) in [6.07, 6.45) is -1.18. The Morgan fingerprint density at radius 1 is 0.724 bits per heavy atom. The molecule has 5 heteroatoms. The number of hydrogen-bond acceptors (Lipinski definition) is 5. The summed E-state index contributed by atoms with van der Waals surface area (Å²) in [5.74, 6) is 1.47. The third-order valence-electron chi connectivity index (χ3n) is 4.92. The lowest BCUT2D eigenvalue weighted by Gasteiger charge is -2.38. The van der Waals surface area contributed by atoms with Gasteiger partial charge in [-0.3, -0.25) is 0 Å². The van der Waals surface area contributed by atoms with E-state index in [0.717, 1.165) is 28.2 Å². The van der Waals surface area contributed by atoms with Gasteiger partial charge in [0.2, 0.25) is 0 Å². The molecule has 0 aliphatic heterocycles. The van der Waals surface area contributed by atoms with Gasteiger partial charge < -0.3 is 25.1 Å². The quantitative estimate of drug-likeness (QED) is 0.451. The van der Waals surface area contributed by atoms with Crippen LogP contribution in [0.3, 0.4) is 0 Å². The molecule has 0 saturated carbocycles. The summed E-state index contributed by atoms with van der Waals surface area (Å²) in [5, 5.41) is 10.7. The van der Waals surface area contributed by atoms with Crippen molar-refractivity contribution < 1.29 is 19.3 Å². The fourth-order valence-corrected chi connectivity index (χ4v) is 3.32. The first-order valence-electron chi connectivity index (χ1n) is 9.47. The fraction of sp³-hybridized carbons (Fsp3) is 0.250. The molecule has 3 aromatic rings. The molecule has 0 radical (unpaired) electrons. The summed E-state index contributed by atoms with van der Waals surface area (Å²) in [6.45, 7) is 1.71. The number of hydrogen-bond donors (Lipinski definition) is 2. The van der Waals surface area contributed by atoms with Crippen LogP contribution in [0.4, 0.5) is 0 Å². The Hall–Kier alpha value is -2.86. The zero-order valence-electron chi connectivity index (χ0n) is 16.9. The number of nitrogens with two attached hydrogens (primary N) is 1. The van der Waals surface area contributed by atoms with E-state index in [1.54, 1.807) is 21.1 Å². The zero-order chi connectivity index (χ0) is 20.9. The van der Waals surface area contributed by atoms with Crippen LogP contribution in [0, 0.1) is 0 Å². The molecule has 0 heterocycles. The maximum atomic E-state index is 10.7. The van der Waals surface area contributed by atoms with Crippen LogP contribution in [0.5, 0.6) is 11.5 Å².